The van der Waals surface area contributed by atoms with Crippen molar-refractivity contribution < 1.29 is 9.84 Å². The van der Waals surface area contributed by atoms with Crippen molar-refractivity contribution in [2.75, 3.05) is 6.61 Å². The fourth-order valence-electron chi connectivity index (χ4n) is 1.07. The molecule has 9 heavy (non-hydrogen) atoms. The van der Waals surface area contributed by atoms with Crippen molar-refractivity contribution in [1.82, 2.24) is 0 Å². The molecule has 0 aliphatic carbocycles. The first-order valence-corrected chi connectivity index (χ1v) is 3.58. The highest BCUT2D eigenvalue weighted by molar-refractivity contribution is 6.21. The van der Waals surface area contributed by atoms with Gasteiger partial charge in [0.05, 0.1) is 24.2 Å². The molecule has 1 heterocycles. The Morgan fingerprint density at radius 3 is 2.67 bits per heavy atom. The average Bonchev–Trinajstić information content (AvgIpc) is 2.10. The standard InChI is InChI=1S/C6H11ClO2/c1-4-2-5(7)6(3-8)9-4/h4-6,8H,2-3H2,1H3/t4-,5+,6?/m0/s1. The second kappa shape index (κ2) is 2.86. The molecule has 1 saturated heterocycles. The summed E-state index contributed by atoms with van der Waals surface area (Å²) < 4.78 is 5.24. The molecule has 1 aliphatic heterocycles. The van der Waals surface area contributed by atoms with Crippen LogP contribution < -0.4 is 0 Å². The van der Waals surface area contributed by atoms with Crippen molar-refractivity contribution in [1.29, 1.82) is 0 Å². The lowest BCUT2D eigenvalue weighted by Gasteiger charge is -2.08. The molecule has 2 nitrogen and oxygen atoms in total. The zero-order chi connectivity index (χ0) is 6.85. The SMILES string of the molecule is C[C@H]1C[C@@H](Cl)C(CO)O1. The molecular weight excluding hydrogens is 140 g/mol. The van der Waals surface area contributed by atoms with E-state index in [-0.39, 0.29) is 24.2 Å². The van der Waals surface area contributed by atoms with E-state index in [0.29, 0.717) is 0 Å². The lowest BCUT2D eigenvalue weighted by molar-refractivity contribution is 0.0207. The molecule has 0 spiro atoms. The highest BCUT2D eigenvalue weighted by Crippen LogP contribution is 2.23. The number of ether oxygens (including phenoxy) is 1. The van der Waals surface area contributed by atoms with Crippen LogP contribution in [-0.4, -0.2) is 29.3 Å². The molecule has 0 amide bonds. The second-order valence-electron chi connectivity index (χ2n) is 2.42. The first-order valence-electron chi connectivity index (χ1n) is 3.14. The third kappa shape index (κ3) is 1.57. The number of hydrogen-bond donors (Lipinski definition) is 1. The maximum atomic E-state index is 8.64. The van der Waals surface area contributed by atoms with Crippen molar-refractivity contribution >= 4 is 11.6 Å². The highest BCUT2D eigenvalue weighted by Gasteiger charge is 2.30. The minimum absolute atomic E-state index is 0.00463. The number of aliphatic hydroxyl groups is 1. The molecular formula is C6H11ClO2. The molecule has 1 unspecified atom stereocenters. The Labute approximate surface area is 59.8 Å². The van der Waals surface area contributed by atoms with Crippen LogP contribution in [0.25, 0.3) is 0 Å². The van der Waals surface area contributed by atoms with Gasteiger partial charge in [-0.05, 0) is 13.3 Å². The van der Waals surface area contributed by atoms with E-state index in [9.17, 15) is 0 Å². The molecule has 3 atom stereocenters. The van der Waals surface area contributed by atoms with Crippen LogP contribution in [-0.2, 0) is 4.74 Å². The molecule has 0 radical (unpaired) electrons. The van der Waals surface area contributed by atoms with Crippen LogP contribution >= 0.6 is 11.6 Å². The van der Waals surface area contributed by atoms with Gasteiger partial charge < -0.3 is 9.84 Å². The van der Waals surface area contributed by atoms with Crippen LogP contribution in [0.3, 0.4) is 0 Å². The smallest absolute Gasteiger partial charge is 0.0973 e. The van der Waals surface area contributed by atoms with E-state index in [2.05, 4.69) is 0 Å². The predicted octanol–water partition coefficient (Wildman–Crippen LogP) is 0.764. The fraction of sp³-hybridized carbons (Fsp3) is 1.00. The van der Waals surface area contributed by atoms with E-state index in [0.717, 1.165) is 6.42 Å². The topological polar surface area (TPSA) is 29.5 Å². The summed E-state index contributed by atoms with van der Waals surface area (Å²) in [5, 5.41) is 8.65. The van der Waals surface area contributed by atoms with Gasteiger partial charge in [-0.3, -0.25) is 0 Å². The van der Waals surface area contributed by atoms with Crippen molar-refractivity contribution in [2.45, 2.75) is 30.9 Å². The molecule has 0 aromatic carbocycles. The number of rotatable bonds is 1. The molecule has 54 valence electrons. The van der Waals surface area contributed by atoms with E-state index in [1.165, 1.54) is 0 Å². The van der Waals surface area contributed by atoms with Gasteiger partial charge in [-0.2, -0.15) is 0 Å². The van der Waals surface area contributed by atoms with Crippen molar-refractivity contribution in [3.8, 4) is 0 Å². The van der Waals surface area contributed by atoms with Crippen LogP contribution in [0.4, 0.5) is 0 Å². The van der Waals surface area contributed by atoms with Gasteiger partial charge in [0.2, 0.25) is 0 Å². The maximum Gasteiger partial charge on any atom is 0.0973 e. The normalized spacial score (nSPS) is 43.7. The summed E-state index contributed by atoms with van der Waals surface area (Å²) in [5.74, 6) is 0. The Kier molecular flexibility index (Phi) is 2.33. The van der Waals surface area contributed by atoms with Gasteiger partial charge in [-0.15, -0.1) is 11.6 Å². The first kappa shape index (κ1) is 7.32. The Balaban J connectivity index is 2.38. The lowest BCUT2D eigenvalue weighted by atomic mass is 10.2. The Hall–Kier alpha value is 0.210. The Morgan fingerprint density at radius 2 is 2.44 bits per heavy atom. The molecule has 0 aromatic rings. The molecule has 0 bridgehead atoms. The monoisotopic (exact) mass is 150 g/mol. The zero-order valence-corrected chi connectivity index (χ0v) is 6.14. The predicted molar refractivity (Wildman–Crippen MR) is 35.7 cm³/mol. The summed E-state index contributed by atoms with van der Waals surface area (Å²) in [5.41, 5.74) is 0. The molecule has 1 rings (SSSR count). The Bertz CT molecular complexity index is 97.1. The third-order valence-corrected chi connectivity index (χ3v) is 2.01. The fourth-order valence-corrected chi connectivity index (χ4v) is 1.46. The van der Waals surface area contributed by atoms with E-state index >= 15 is 0 Å². The average molecular weight is 151 g/mol. The second-order valence-corrected chi connectivity index (χ2v) is 2.98. The highest BCUT2D eigenvalue weighted by atomic mass is 35.5. The summed E-state index contributed by atoms with van der Waals surface area (Å²) in [4.78, 5) is 0. The summed E-state index contributed by atoms with van der Waals surface area (Å²) in [6.07, 6.45) is 0.929. The van der Waals surface area contributed by atoms with Crippen LogP contribution in [0.2, 0.25) is 0 Å². The van der Waals surface area contributed by atoms with E-state index in [4.69, 9.17) is 21.4 Å². The van der Waals surface area contributed by atoms with Gasteiger partial charge in [0, 0.05) is 0 Å². The molecule has 3 heteroatoms. The van der Waals surface area contributed by atoms with Crippen LogP contribution in [0, 0.1) is 0 Å². The molecule has 0 saturated carbocycles. The van der Waals surface area contributed by atoms with Gasteiger partial charge in [0.25, 0.3) is 0 Å². The minimum atomic E-state index is -0.137. The van der Waals surface area contributed by atoms with E-state index in [1.54, 1.807) is 0 Å². The largest absolute Gasteiger partial charge is 0.394 e. The Morgan fingerprint density at radius 1 is 1.78 bits per heavy atom. The number of halogens is 1. The molecule has 1 aliphatic rings. The summed E-state index contributed by atoms with van der Waals surface area (Å²) in [6.45, 7) is 2.00. The summed E-state index contributed by atoms with van der Waals surface area (Å²) >= 11 is 5.79. The molecule has 1 N–H and O–H groups in total. The molecule has 1 fully saturated rings. The van der Waals surface area contributed by atoms with Gasteiger partial charge in [0.1, 0.15) is 0 Å². The van der Waals surface area contributed by atoms with Gasteiger partial charge in [-0.1, -0.05) is 0 Å². The summed E-state index contributed by atoms with van der Waals surface area (Å²) in [6, 6.07) is 0. The maximum absolute atomic E-state index is 8.64. The van der Waals surface area contributed by atoms with E-state index in [1.807, 2.05) is 6.92 Å². The van der Waals surface area contributed by atoms with Crippen molar-refractivity contribution in [2.24, 2.45) is 0 Å². The summed E-state index contributed by atoms with van der Waals surface area (Å²) in [7, 11) is 0. The first-order chi connectivity index (χ1) is 4.24. The van der Waals surface area contributed by atoms with Gasteiger partial charge in [-0.25, -0.2) is 0 Å². The van der Waals surface area contributed by atoms with Crippen molar-refractivity contribution in [3.63, 3.8) is 0 Å². The minimum Gasteiger partial charge on any atom is -0.394 e. The quantitative estimate of drug-likeness (QED) is 0.560. The van der Waals surface area contributed by atoms with E-state index < -0.39 is 0 Å². The number of alkyl halides is 1. The van der Waals surface area contributed by atoms with Crippen LogP contribution in [0.15, 0.2) is 0 Å². The molecule has 0 aromatic heterocycles. The lowest BCUT2D eigenvalue weighted by Crippen LogP contribution is -2.20. The number of hydrogen-bond acceptors (Lipinski definition) is 2. The van der Waals surface area contributed by atoms with Crippen LogP contribution in [0.1, 0.15) is 13.3 Å². The van der Waals surface area contributed by atoms with Crippen LogP contribution in [0.5, 0.6) is 0 Å². The van der Waals surface area contributed by atoms with Gasteiger partial charge in [0.15, 0.2) is 0 Å². The van der Waals surface area contributed by atoms with Crippen molar-refractivity contribution in [3.05, 3.63) is 0 Å². The van der Waals surface area contributed by atoms with Gasteiger partial charge >= 0.3 is 0 Å². The third-order valence-electron chi connectivity index (χ3n) is 1.55. The zero-order valence-electron chi connectivity index (χ0n) is 5.38. The number of aliphatic hydroxyl groups excluding tert-OH is 1.